The summed E-state index contributed by atoms with van der Waals surface area (Å²) in [6.07, 6.45) is 3.26. The summed E-state index contributed by atoms with van der Waals surface area (Å²) in [5, 5.41) is 23.9. The van der Waals surface area contributed by atoms with Crippen LogP contribution in [0.15, 0.2) is 22.4 Å². The van der Waals surface area contributed by atoms with Crippen LogP contribution in [0, 0.1) is 10.1 Å². The van der Waals surface area contributed by atoms with E-state index >= 15 is 0 Å². The molecule has 0 bridgehead atoms. The van der Waals surface area contributed by atoms with E-state index in [4.69, 9.17) is 11.6 Å². The van der Waals surface area contributed by atoms with E-state index in [0.717, 1.165) is 31.8 Å². The number of hydrogen-bond acceptors (Lipinski definition) is 7. The molecule has 0 spiro atoms. The fourth-order valence-corrected chi connectivity index (χ4v) is 3.55. The van der Waals surface area contributed by atoms with E-state index in [1.807, 2.05) is 11.6 Å². The van der Waals surface area contributed by atoms with Crippen LogP contribution in [0.4, 0.5) is 5.69 Å². The molecule has 23 heavy (non-hydrogen) atoms. The molecule has 1 aliphatic heterocycles. The second-order valence-electron chi connectivity index (χ2n) is 5.26. The molecular formula is C13H15ClN6O2S. The van der Waals surface area contributed by atoms with Gasteiger partial charge in [0.2, 0.25) is 0 Å². The monoisotopic (exact) mass is 354 g/mol. The molecule has 3 rings (SSSR count). The summed E-state index contributed by atoms with van der Waals surface area (Å²) in [5.74, 6) is 1.34. The number of rotatable bonds is 4. The lowest BCUT2D eigenvalue weighted by molar-refractivity contribution is -0.385. The van der Waals surface area contributed by atoms with Crippen molar-refractivity contribution in [2.45, 2.75) is 28.9 Å². The fourth-order valence-electron chi connectivity index (χ4n) is 2.53. The molecule has 10 heteroatoms. The molecule has 3 heterocycles. The summed E-state index contributed by atoms with van der Waals surface area (Å²) < 4.78 is 1.94. The van der Waals surface area contributed by atoms with Crippen LogP contribution in [0.2, 0.25) is 5.02 Å². The zero-order chi connectivity index (χ0) is 16.4. The normalized spacial score (nSPS) is 15.7. The summed E-state index contributed by atoms with van der Waals surface area (Å²) >= 11 is 7.33. The highest BCUT2D eigenvalue weighted by atomic mass is 35.5. The Hall–Kier alpha value is -1.71. The van der Waals surface area contributed by atoms with Gasteiger partial charge in [0.1, 0.15) is 17.0 Å². The van der Waals surface area contributed by atoms with E-state index in [0.29, 0.717) is 16.1 Å². The molecule has 2 aromatic heterocycles. The minimum absolute atomic E-state index is 0.132. The van der Waals surface area contributed by atoms with Crippen molar-refractivity contribution in [3.8, 4) is 0 Å². The van der Waals surface area contributed by atoms with Crippen LogP contribution in [-0.4, -0.2) is 37.8 Å². The van der Waals surface area contributed by atoms with Gasteiger partial charge in [-0.1, -0.05) is 11.6 Å². The quantitative estimate of drug-likeness (QED) is 0.664. The Morgan fingerprint density at radius 2 is 2.17 bits per heavy atom. The van der Waals surface area contributed by atoms with Crippen molar-refractivity contribution in [2.75, 3.05) is 13.1 Å². The van der Waals surface area contributed by atoms with Crippen molar-refractivity contribution in [1.82, 2.24) is 25.1 Å². The van der Waals surface area contributed by atoms with Crippen LogP contribution in [0.25, 0.3) is 0 Å². The highest BCUT2D eigenvalue weighted by Gasteiger charge is 2.22. The van der Waals surface area contributed by atoms with E-state index in [9.17, 15) is 10.1 Å². The molecule has 0 atom stereocenters. The number of nitro groups is 1. The van der Waals surface area contributed by atoms with Crippen LogP contribution in [-0.2, 0) is 7.05 Å². The van der Waals surface area contributed by atoms with Crippen molar-refractivity contribution in [2.24, 2.45) is 7.05 Å². The molecule has 1 aliphatic rings. The van der Waals surface area contributed by atoms with Gasteiger partial charge in [-0.2, -0.15) is 0 Å². The summed E-state index contributed by atoms with van der Waals surface area (Å²) in [6.45, 7) is 1.96. The van der Waals surface area contributed by atoms with Gasteiger partial charge in [-0.25, -0.2) is 4.98 Å². The maximum absolute atomic E-state index is 10.7. The topological polar surface area (TPSA) is 98.8 Å². The molecule has 122 valence electrons. The SMILES string of the molecule is Cn1c(Sc2ncc([N+](=O)[O-])cc2Cl)nnc1C1CCNCC1. The van der Waals surface area contributed by atoms with Crippen LogP contribution in [0.3, 0.4) is 0 Å². The number of piperidine rings is 1. The third-order valence-corrected chi connectivity index (χ3v) is 5.22. The van der Waals surface area contributed by atoms with Crippen molar-refractivity contribution in [3.05, 3.63) is 33.2 Å². The Bertz CT molecular complexity index is 731. The van der Waals surface area contributed by atoms with E-state index in [2.05, 4.69) is 20.5 Å². The first-order valence-corrected chi connectivity index (χ1v) is 8.33. The molecular weight excluding hydrogens is 340 g/mol. The molecule has 0 aromatic carbocycles. The van der Waals surface area contributed by atoms with E-state index in [1.54, 1.807) is 0 Å². The lowest BCUT2D eigenvalue weighted by Gasteiger charge is -2.21. The van der Waals surface area contributed by atoms with Gasteiger partial charge >= 0.3 is 0 Å². The van der Waals surface area contributed by atoms with E-state index in [1.165, 1.54) is 24.0 Å². The van der Waals surface area contributed by atoms with Gasteiger partial charge in [0.25, 0.3) is 5.69 Å². The van der Waals surface area contributed by atoms with Gasteiger partial charge in [0.05, 0.1) is 9.95 Å². The second kappa shape index (κ2) is 6.81. The van der Waals surface area contributed by atoms with Gasteiger partial charge in [-0.3, -0.25) is 10.1 Å². The minimum atomic E-state index is -0.523. The molecule has 8 nitrogen and oxygen atoms in total. The lowest BCUT2D eigenvalue weighted by Crippen LogP contribution is -2.27. The van der Waals surface area contributed by atoms with Crippen LogP contribution < -0.4 is 5.32 Å². The largest absolute Gasteiger partial charge is 0.317 e. The molecule has 1 saturated heterocycles. The highest BCUT2D eigenvalue weighted by molar-refractivity contribution is 7.99. The predicted molar refractivity (Wildman–Crippen MR) is 85.9 cm³/mol. The number of nitrogens with one attached hydrogen (secondary N) is 1. The summed E-state index contributed by atoms with van der Waals surface area (Å²) in [6, 6.07) is 1.29. The average Bonchev–Trinajstić information content (AvgIpc) is 2.91. The first kappa shape index (κ1) is 16.2. The molecule has 0 radical (unpaired) electrons. The maximum atomic E-state index is 10.7. The van der Waals surface area contributed by atoms with Gasteiger partial charge < -0.3 is 9.88 Å². The molecule has 2 aromatic rings. The maximum Gasteiger partial charge on any atom is 0.289 e. The predicted octanol–water partition coefficient (Wildman–Crippen LogP) is 2.39. The number of pyridine rings is 1. The average molecular weight is 355 g/mol. The first-order chi connectivity index (χ1) is 11.1. The molecule has 0 amide bonds. The van der Waals surface area contributed by atoms with Gasteiger partial charge in [-0.05, 0) is 37.7 Å². The third-order valence-electron chi connectivity index (χ3n) is 3.76. The highest BCUT2D eigenvalue weighted by Crippen LogP contribution is 2.34. The smallest absolute Gasteiger partial charge is 0.289 e. The van der Waals surface area contributed by atoms with Crippen molar-refractivity contribution in [3.63, 3.8) is 0 Å². The Morgan fingerprint density at radius 3 is 2.83 bits per heavy atom. The Labute approximate surface area is 141 Å². The summed E-state index contributed by atoms with van der Waals surface area (Å²) in [4.78, 5) is 14.3. The number of aromatic nitrogens is 4. The third kappa shape index (κ3) is 3.46. The Balaban J connectivity index is 1.81. The lowest BCUT2D eigenvalue weighted by atomic mass is 9.97. The van der Waals surface area contributed by atoms with Gasteiger partial charge in [0, 0.05) is 19.0 Å². The minimum Gasteiger partial charge on any atom is -0.317 e. The summed E-state index contributed by atoms with van der Waals surface area (Å²) in [7, 11) is 1.92. The van der Waals surface area contributed by atoms with E-state index in [-0.39, 0.29) is 10.7 Å². The fraction of sp³-hybridized carbons (Fsp3) is 0.462. The number of hydrogen-bond donors (Lipinski definition) is 1. The van der Waals surface area contributed by atoms with E-state index < -0.39 is 4.92 Å². The molecule has 1 N–H and O–H groups in total. The van der Waals surface area contributed by atoms with Crippen molar-refractivity contribution >= 4 is 29.1 Å². The zero-order valence-corrected chi connectivity index (χ0v) is 14.0. The Morgan fingerprint density at radius 1 is 1.43 bits per heavy atom. The number of nitrogens with zero attached hydrogens (tertiary/aromatic N) is 5. The number of halogens is 1. The van der Waals surface area contributed by atoms with Crippen molar-refractivity contribution in [1.29, 1.82) is 0 Å². The van der Waals surface area contributed by atoms with Crippen LogP contribution in [0.1, 0.15) is 24.6 Å². The first-order valence-electron chi connectivity index (χ1n) is 7.14. The second-order valence-corrected chi connectivity index (χ2v) is 6.63. The van der Waals surface area contributed by atoms with Crippen LogP contribution in [0.5, 0.6) is 0 Å². The standard InChI is InChI=1S/C13H15ClN6O2S/c1-19-11(8-2-4-15-5-3-8)17-18-13(19)23-12-10(14)6-9(7-16-12)20(21)22/h6-8,15H,2-5H2,1H3. The molecule has 0 aliphatic carbocycles. The molecule has 0 saturated carbocycles. The zero-order valence-electron chi connectivity index (χ0n) is 12.4. The van der Waals surface area contributed by atoms with Gasteiger partial charge in [0.15, 0.2) is 5.16 Å². The molecule has 1 fully saturated rings. The van der Waals surface area contributed by atoms with Crippen molar-refractivity contribution < 1.29 is 4.92 Å². The summed E-state index contributed by atoms with van der Waals surface area (Å²) in [5.41, 5.74) is -0.132. The molecule has 0 unspecified atom stereocenters. The van der Waals surface area contributed by atoms with Crippen LogP contribution >= 0.6 is 23.4 Å². The van der Waals surface area contributed by atoms with Gasteiger partial charge in [-0.15, -0.1) is 10.2 Å². The Kier molecular flexibility index (Phi) is 4.79.